The van der Waals surface area contributed by atoms with E-state index in [2.05, 4.69) is 17.5 Å². The third-order valence-electron chi connectivity index (χ3n) is 5.47. The van der Waals surface area contributed by atoms with Gasteiger partial charge < -0.3 is 14.8 Å². The van der Waals surface area contributed by atoms with Crippen molar-refractivity contribution in [2.75, 3.05) is 13.0 Å². The van der Waals surface area contributed by atoms with E-state index in [9.17, 15) is 9.59 Å². The highest BCUT2D eigenvalue weighted by atomic mass is 35.5. The molecule has 6 heteroatoms. The molecule has 0 radical (unpaired) electrons. The fraction of sp³-hybridized carbons (Fsp3) is 0.750. The second-order valence-corrected chi connectivity index (χ2v) is 6.88. The summed E-state index contributed by atoms with van der Waals surface area (Å²) < 4.78 is 11.2. The lowest BCUT2D eigenvalue weighted by molar-refractivity contribution is -0.240. The number of fused-ring (bicyclic) bond motifs is 1. The number of alkyl halides is 1. The van der Waals surface area contributed by atoms with E-state index in [-0.39, 0.29) is 11.8 Å². The summed E-state index contributed by atoms with van der Waals surface area (Å²) in [6.45, 7) is 1.82. The Labute approximate surface area is 135 Å². The van der Waals surface area contributed by atoms with Gasteiger partial charge in [-0.05, 0) is 32.6 Å². The molecular formula is C16H22ClNO4. The third-order valence-corrected chi connectivity index (χ3v) is 5.69. The van der Waals surface area contributed by atoms with Crippen LogP contribution in [0.2, 0.25) is 0 Å². The van der Waals surface area contributed by atoms with Crippen LogP contribution in [-0.4, -0.2) is 42.1 Å². The summed E-state index contributed by atoms with van der Waals surface area (Å²) in [5.41, 5.74) is -1.98. The van der Waals surface area contributed by atoms with Crippen LogP contribution in [0.4, 0.5) is 0 Å². The summed E-state index contributed by atoms with van der Waals surface area (Å²) in [5.74, 6) is -0.543. The Morgan fingerprint density at radius 1 is 1.55 bits per heavy atom. The quantitative estimate of drug-likeness (QED) is 0.475. The zero-order chi connectivity index (χ0) is 16.0. The first-order chi connectivity index (χ1) is 10.5. The van der Waals surface area contributed by atoms with E-state index in [4.69, 9.17) is 21.1 Å². The highest BCUT2D eigenvalue weighted by Gasteiger charge is 2.79. The number of hydrogen-bond acceptors (Lipinski definition) is 4. The van der Waals surface area contributed by atoms with Crippen molar-refractivity contribution in [2.45, 2.75) is 49.9 Å². The predicted octanol–water partition coefficient (Wildman–Crippen LogP) is 1.79. The Morgan fingerprint density at radius 2 is 2.32 bits per heavy atom. The number of nitrogens with one attached hydrogen (secondary N) is 1. The Hall–Kier alpha value is -1.07. The van der Waals surface area contributed by atoms with Crippen LogP contribution < -0.4 is 5.32 Å². The molecule has 0 spiro atoms. The molecule has 1 N–H and O–H groups in total. The number of ether oxygens (including phenoxy) is 2. The monoisotopic (exact) mass is 327 g/mol. The lowest BCUT2D eigenvalue weighted by Gasteiger charge is -2.55. The fourth-order valence-electron chi connectivity index (χ4n) is 4.31. The maximum absolute atomic E-state index is 12.4. The van der Waals surface area contributed by atoms with E-state index < -0.39 is 29.1 Å². The number of esters is 1. The molecule has 1 amide bonds. The zero-order valence-electron chi connectivity index (χ0n) is 12.9. The van der Waals surface area contributed by atoms with Crippen molar-refractivity contribution in [3.05, 3.63) is 12.2 Å². The number of halogens is 1. The molecule has 2 fully saturated rings. The maximum atomic E-state index is 12.4. The van der Waals surface area contributed by atoms with Crippen LogP contribution in [0.3, 0.4) is 0 Å². The van der Waals surface area contributed by atoms with Gasteiger partial charge in [-0.25, -0.2) is 4.79 Å². The molecule has 0 saturated carbocycles. The lowest BCUT2D eigenvalue weighted by Crippen LogP contribution is -2.80. The second kappa shape index (κ2) is 5.53. The normalized spacial score (nSPS) is 41.4. The van der Waals surface area contributed by atoms with Gasteiger partial charge in [0.2, 0.25) is 11.4 Å². The first kappa shape index (κ1) is 15.8. The van der Waals surface area contributed by atoms with E-state index in [0.29, 0.717) is 12.3 Å². The first-order valence-electron chi connectivity index (χ1n) is 7.82. The smallest absolute Gasteiger partial charge is 0.339 e. The molecule has 0 aromatic rings. The average Bonchev–Trinajstić information content (AvgIpc) is 2.68. The second-order valence-electron chi connectivity index (χ2n) is 6.50. The van der Waals surface area contributed by atoms with E-state index in [1.807, 2.05) is 6.92 Å². The van der Waals surface area contributed by atoms with Crippen molar-refractivity contribution >= 4 is 23.5 Å². The number of amides is 1. The summed E-state index contributed by atoms with van der Waals surface area (Å²) in [6.07, 6.45) is 7.32. The lowest BCUT2D eigenvalue weighted by atomic mass is 9.64. The van der Waals surface area contributed by atoms with Gasteiger partial charge >= 0.3 is 5.97 Å². The van der Waals surface area contributed by atoms with Crippen molar-refractivity contribution in [3.63, 3.8) is 0 Å². The average molecular weight is 328 g/mol. The van der Waals surface area contributed by atoms with Gasteiger partial charge in [-0.15, -0.1) is 11.6 Å². The van der Waals surface area contributed by atoms with Gasteiger partial charge in [-0.2, -0.15) is 0 Å². The van der Waals surface area contributed by atoms with Crippen LogP contribution in [0, 0.1) is 11.8 Å². The number of hydrogen-bond donors (Lipinski definition) is 1. The van der Waals surface area contributed by atoms with Gasteiger partial charge in [0.25, 0.3) is 0 Å². The SMILES string of the molecule is CO[C@@H]([C@@H]1C=CCCC1)C12NC(=O)[C@H](CCCl)[C@]1(C)OC2=O. The standard InChI is InChI=1S/C16H22ClNO4/c1-15-11(8-9-17)13(19)18-16(15,14(20)22-15)12(21-2)10-6-4-3-5-7-10/h4,6,10-12H,3,5,7-9H2,1-2H3,(H,18,19)/t10-,11+,12+,15+,16?/m1/s1. The minimum absolute atomic E-state index is 0.0981. The van der Waals surface area contributed by atoms with E-state index in [1.165, 1.54) is 0 Å². The minimum Gasteiger partial charge on any atom is -0.453 e. The van der Waals surface area contributed by atoms with Gasteiger partial charge in [0, 0.05) is 18.9 Å². The molecule has 3 aliphatic rings. The van der Waals surface area contributed by atoms with Crippen molar-refractivity contribution in [1.29, 1.82) is 0 Å². The molecule has 0 aromatic carbocycles. The largest absolute Gasteiger partial charge is 0.453 e. The molecule has 5 nitrogen and oxygen atoms in total. The van der Waals surface area contributed by atoms with Crippen LogP contribution in [0.5, 0.6) is 0 Å². The van der Waals surface area contributed by atoms with E-state index >= 15 is 0 Å². The molecule has 0 bridgehead atoms. The number of carbonyl (C=O) groups excluding carboxylic acids is 2. The third kappa shape index (κ3) is 1.88. The number of allylic oxidation sites excluding steroid dienone is 1. The molecule has 1 unspecified atom stereocenters. The summed E-state index contributed by atoms with van der Waals surface area (Å²) in [4.78, 5) is 24.8. The van der Waals surface area contributed by atoms with Gasteiger partial charge in [-0.1, -0.05) is 12.2 Å². The van der Waals surface area contributed by atoms with Crippen LogP contribution in [0.1, 0.15) is 32.6 Å². The van der Waals surface area contributed by atoms with Crippen LogP contribution in [-0.2, 0) is 19.1 Å². The van der Waals surface area contributed by atoms with Gasteiger partial charge in [0.05, 0.1) is 5.92 Å². The molecule has 22 heavy (non-hydrogen) atoms. The number of carbonyl (C=O) groups is 2. The van der Waals surface area contributed by atoms with E-state index in [0.717, 1.165) is 19.3 Å². The molecule has 3 rings (SSSR count). The summed E-state index contributed by atoms with van der Waals surface area (Å²) >= 11 is 5.83. The number of rotatable bonds is 5. The molecule has 2 heterocycles. The molecule has 2 saturated heterocycles. The Morgan fingerprint density at radius 3 is 2.86 bits per heavy atom. The highest BCUT2D eigenvalue weighted by Crippen LogP contribution is 2.54. The maximum Gasteiger partial charge on any atom is 0.339 e. The molecule has 2 aliphatic heterocycles. The summed E-state index contributed by atoms with van der Waals surface area (Å²) in [6, 6.07) is 0. The van der Waals surface area contributed by atoms with Crippen LogP contribution in [0.15, 0.2) is 12.2 Å². The van der Waals surface area contributed by atoms with E-state index in [1.54, 1.807) is 7.11 Å². The van der Waals surface area contributed by atoms with Gasteiger partial charge in [-0.3, -0.25) is 4.79 Å². The Bertz CT molecular complexity index is 522. The topological polar surface area (TPSA) is 64.6 Å². The molecule has 0 aromatic heterocycles. The highest BCUT2D eigenvalue weighted by molar-refractivity contribution is 6.18. The Kier molecular flexibility index (Phi) is 3.98. The predicted molar refractivity (Wildman–Crippen MR) is 81.5 cm³/mol. The van der Waals surface area contributed by atoms with Crippen molar-refractivity contribution in [3.8, 4) is 0 Å². The van der Waals surface area contributed by atoms with Crippen molar-refractivity contribution in [2.24, 2.45) is 11.8 Å². The Balaban J connectivity index is 1.98. The first-order valence-corrected chi connectivity index (χ1v) is 8.35. The van der Waals surface area contributed by atoms with Gasteiger partial charge in [0.15, 0.2) is 5.60 Å². The zero-order valence-corrected chi connectivity index (χ0v) is 13.7. The van der Waals surface area contributed by atoms with Crippen LogP contribution in [0.25, 0.3) is 0 Å². The minimum atomic E-state index is -1.10. The summed E-state index contributed by atoms with van der Waals surface area (Å²) in [7, 11) is 1.59. The molecule has 1 aliphatic carbocycles. The van der Waals surface area contributed by atoms with Crippen LogP contribution >= 0.6 is 11.6 Å². The number of methoxy groups -OCH3 is 1. The summed E-state index contributed by atoms with van der Waals surface area (Å²) in [5, 5.41) is 2.91. The molecular weight excluding hydrogens is 306 g/mol. The molecule has 122 valence electrons. The van der Waals surface area contributed by atoms with Crippen molar-refractivity contribution in [1.82, 2.24) is 5.32 Å². The molecule has 5 atom stereocenters. The fourth-order valence-corrected chi connectivity index (χ4v) is 4.53. The van der Waals surface area contributed by atoms with Crippen molar-refractivity contribution < 1.29 is 19.1 Å². The van der Waals surface area contributed by atoms with Gasteiger partial charge in [0.1, 0.15) is 6.10 Å².